The Bertz CT molecular complexity index is 641. The normalized spacial score (nSPS) is 19.6. The van der Waals surface area contributed by atoms with Gasteiger partial charge in [-0.15, -0.1) is 0 Å². The Morgan fingerprint density at radius 1 is 1.32 bits per heavy atom. The zero-order valence-corrected chi connectivity index (χ0v) is 11.9. The monoisotopic (exact) mass is 305 g/mol. The Labute approximate surface area is 126 Å². The van der Waals surface area contributed by atoms with E-state index in [-0.39, 0.29) is 18.1 Å². The minimum Gasteiger partial charge on any atom is -0.324 e. The van der Waals surface area contributed by atoms with Gasteiger partial charge in [-0.25, -0.2) is 9.18 Å². The van der Waals surface area contributed by atoms with E-state index >= 15 is 0 Å². The number of hydrogen-bond donors (Lipinski definition) is 2. The molecular formula is C15H16FN3O3. The minimum atomic E-state index is -0.823. The van der Waals surface area contributed by atoms with Crippen molar-refractivity contribution >= 4 is 23.5 Å². The highest BCUT2D eigenvalue weighted by Gasteiger charge is 2.52. The topological polar surface area (TPSA) is 78.5 Å². The van der Waals surface area contributed by atoms with Gasteiger partial charge < -0.3 is 10.6 Å². The molecule has 22 heavy (non-hydrogen) atoms. The second kappa shape index (κ2) is 5.40. The molecule has 2 N–H and O–H groups in total. The first kappa shape index (κ1) is 14.5. The summed E-state index contributed by atoms with van der Waals surface area (Å²) in [5, 5.41) is 5.18. The van der Waals surface area contributed by atoms with Gasteiger partial charge in [0.05, 0.1) is 0 Å². The molecule has 1 saturated carbocycles. The molecule has 1 heterocycles. The number of anilines is 1. The van der Waals surface area contributed by atoms with Gasteiger partial charge in [-0.2, -0.15) is 0 Å². The summed E-state index contributed by atoms with van der Waals surface area (Å²) < 4.78 is 13.1. The van der Waals surface area contributed by atoms with Crippen LogP contribution in [0.1, 0.15) is 25.7 Å². The first-order valence-corrected chi connectivity index (χ1v) is 7.20. The number of halogens is 1. The number of nitrogens with zero attached hydrogens (tertiary/aromatic N) is 1. The van der Waals surface area contributed by atoms with Crippen LogP contribution >= 0.6 is 0 Å². The number of hydrogen-bond acceptors (Lipinski definition) is 3. The number of rotatable bonds is 3. The molecule has 1 aromatic rings. The minimum absolute atomic E-state index is 0.285. The lowest BCUT2D eigenvalue weighted by Crippen LogP contribution is -2.44. The fourth-order valence-corrected chi connectivity index (χ4v) is 3.05. The van der Waals surface area contributed by atoms with Crippen LogP contribution in [0.25, 0.3) is 0 Å². The van der Waals surface area contributed by atoms with Crippen molar-refractivity contribution in [2.75, 3.05) is 11.9 Å². The van der Waals surface area contributed by atoms with Crippen molar-refractivity contribution in [2.45, 2.75) is 31.2 Å². The lowest BCUT2D eigenvalue weighted by atomic mass is 9.98. The maximum Gasteiger partial charge on any atom is 0.325 e. The highest BCUT2D eigenvalue weighted by molar-refractivity contribution is 6.10. The average Bonchev–Trinajstić information content (AvgIpc) is 3.01. The molecule has 1 aliphatic carbocycles. The van der Waals surface area contributed by atoms with Gasteiger partial charge in [0.25, 0.3) is 5.91 Å². The summed E-state index contributed by atoms with van der Waals surface area (Å²) in [6.07, 6.45) is 2.99. The van der Waals surface area contributed by atoms with Crippen LogP contribution in [0.3, 0.4) is 0 Å². The van der Waals surface area contributed by atoms with Gasteiger partial charge >= 0.3 is 6.03 Å². The molecule has 4 amide bonds. The molecule has 1 aromatic carbocycles. The average molecular weight is 305 g/mol. The highest BCUT2D eigenvalue weighted by atomic mass is 19.1. The summed E-state index contributed by atoms with van der Waals surface area (Å²) in [6, 6.07) is 4.89. The van der Waals surface area contributed by atoms with Crippen LogP contribution in [-0.4, -0.2) is 34.8 Å². The standard InChI is InChI=1S/C15H16FN3O3/c16-10-4-3-5-11(8-10)17-12(20)9-19-13(21)15(18-14(19)22)6-1-2-7-15/h3-5,8H,1-2,6-7,9H2,(H,17,20)(H,18,22). The van der Waals surface area contributed by atoms with Crippen LogP contribution in [0, 0.1) is 5.82 Å². The highest BCUT2D eigenvalue weighted by Crippen LogP contribution is 2.34. The van der Waals surface area contributed by atoms with Crippen molar-refractivity contribution in [2.24, 2.45) is 0 Å². The summed E-state index contributed by atoms with van der Waals surface area (Å²) in [5.74, 6) is -1.36. The van der Waals surface area contributed by atoms with E-state index in [0.717, 1.165) is 17.7 Å². The van der Waals surface area contributed by atoms with Crippen LogP contribution in [-0.2, 0) is 9.59 Å². The SMILES string of the molecule is O=C(CN1C(=O)NC2(CCCC2)C1=O)Nc1cccc(F)c1. The third kappa shape index (κ3) is 2.54. The molecule has 0 atom stereocenters. The van der Waals surface area contributed by atoms with Crippen molar-refractivity contribution in [3.63, 3.8) is 0 Å². The van der Waals surface area contributed by atoms with E-state index in [1.807, 2.05) is 0 Å². The third-order valence-corrected chi connectivity index (χ3v) is 4.11. The molecule has 0 radical (unpaired) electrons. The Kier molecular flexibility index (Phi) is 3.56. The molecule has 3 rings (SSSR count). The number of amides is 4. The molecule has 0 unspecified atom stereocenters. The van der Waals surface area contributed by atoms with E-state index in [2.05, 4.69) is 10.6 Å². The van der Waals surface area contributed by atoms with Crippen LogP contribution in [0.5, 0.6) is 0 Å². The number of carbonyl (C=O) groups is 3. The van der Waals surface area contributed by atoms with E-state index in [1.54, 1.807) is 0 Å². The van der Waals surface area contributed by atoms with Gasteiger partial charge in [0.15, 0.2) is 0 Å². The maximum atomic E-state index is 13.1. The predicted octanol–water partition coefficient (Wildman–Crippen LogP) is 1.63. The largest absolute Gasteiger partial charge is 0.325 e. The van der Waals surface area contributed by atoms with Gasteiger partial charge in [0.1, 0.15) is 17.9 Å². The number of urea groups is 1. The zero-order valence-electron chi connectivity index (χ0n) is 11.9. The quantitative estimate of drug-likeness (QED) is 0.833. The number of carbonyl (C=O) groups excluding carboxylic acids is 3. The van der Waals surface area contributed by atoms with Crippen LogP contribution in [0.4, 0.5) is 14.9 Å². The van der Waals surface area contributed by atoms with Gasteiger partial charge in [-0.1, -0.05) is 18.9 Å². The summed E-state index contributed by atoms with van der Waals surface area (Å²) in [6.45, 7) is -0.372. The van der Waals surface area contributed by atoms with Crippen LogP contribution in [0.15, 0.2) is 24.3 Å². The van der Waals surface area contributed by atoms with Gasteiger partial charge in [-0.05, 0) is 31.0 Å². The second-order valence-corrected chi connectivity index (χ2v) is 5.67. The Balaban J connectivity index is 1.66. The fourth-order valence-electron chi connectivity index (χ4n) is 3.05. The Morgan fingerprint density at radius 3 is 2.73 bits per heavy atom. The molecule has 1 aliphatic heterocycles. The fraction of sp³-hybridized carbons (Fsp3) is 0.400. The molecule has 1 saturated heterocycles. The van der Waals surface area contributed by atoms with Crippen molar-refractivity contribution in [1.29, 1.82) is 0 Å². The first-order valence-electron chi connectivity index (χ1n) is 7.20. The second-order valence-electron chi connectivity index (χ2n) is 5.67. The molecule has 7 heteroatoms. The Morgan fingerprint density at radius 2 is 2.05 bits per heavy atom. The smallest absolute Gasteiger partial charge is 0.324 e. The van der Waals surface area contributed by atoms with E-state index in [0.29, 0.717) is 12.8 Å². The lowest BCUT2D eigenvalue weighted by Gasteiger charge is -2.19. The molecule has 0 bridgehead atoms. The van der Waals surface area contributed by atoms with Crippen molar-refractivity contribution in [3.8, 4) is 0 Å². The van der Waals surface area contributed by atoms with Crippen molar-refractivity contribution in [3.05, 3.63) is 30.1 Å². The predicted molar refractivity (Wildman–Crippen MR) is 76.5 cm³/mol. The van der Waals surface area contributed by atoms with Gasteiger partial charge in [0.2, 0.25) is 5.91 Å². The number of imide groups is 1. The molecule has 116 valence electrons. The zero-order chi connectivity index (χ0) is 15.7. The van der Waals surface area contributed by atoms with E-state index < -0.39 is 23.3 Å². The van der Waals surface area contributed by atoms with Crippen LogP contribution < -0.4 is 10.6 Å². The molecular weight excluding hydrogens is 289 g/mol. The maximum absolute atomic E-state index is 13.1. The number of benzene rings is 1. The van der Waals surface area contributed by atoms with Crippen LogP contribution in [0.2, 0.25) is 0 Å². The van der Waals surface area contributed by atoms with E-state index in [4.69, 9.17) is 0 Å². The molecule has 6 nitrogen and oxygen atoms in total. The summed E-state index contributed by atoms with van der Waals surface area (Å²) in [5.41, 5.74) is -0.538. The summed E-state index contributed by atoms with van der Waals surface area (Å²) in [4.78, 5) is 37.2. The summed E-state index contributed by atoms with van der Waals surface area (Å²) >= 11 is 0. The summed E-state index contributed by atoms with van der Waals surface area (Å²) in [7, 11) is 0. The van der Waals surface area contributed by atoms with E-state index in [9.17, 15) is 18.8 Å². The molecule has 2 fully saturated rings. The van der Waals surface area contributed by atoms with Gasteiger partial charge in [0, 0.05) is 5.69 Å². The first-order chi connectivity index (χ1) is 10.5. The number of nitrogens with one attached hydrogen (secondary N) is 2. The van der Waals surface area contributed by atoms with Crippen molar-refractivity contribution < 1.29 is 18.8 Å². The molecule has 0 aromatic heterocycles. The van der Waals surface area contributed by atoms with E-state index in [1.165, 1.54) is 24.3 Å². The molecule has 1 spiro atoms. The third-order valence-electron chi connectivity index (χ3n) is 4.11. The lowest BCUT2D eigenvalue weighted by molar-refractivity contribution is -0.133. The molecule has 2 aliphatic rings. The van der Waals surface area contributed by atoms with Gasteiger partial charge in [-0.3, -0.25) is 14.5 Å². The van der Waals surface area contributed by atoms with Crippen molar-refractivity contribution in [1.82, 2.24) is 10.2 Å². The Hall–Kier alpha value is -2.44.